The van der Waals surface area contributed by atoms with Gasteiger partial charge < -0.3 is 20.6 Å². The first kappa shape index (κ1) is 17.8. The van der Waals surface area contributed by atoms with Crippen LogP contribution in [0.25, 0.3) is 0 Å². The molecular formula is C17H23N3O4. The highest BCUT2D eigenvalue weighted by Gasteiger charge is 2.31. The Labute approximate surface area is 141 Å². The summed E-state index contributed by atoms with van der Waals surface area (Å²) in [6.07, 6.45) is 0.439. The Morgan fingerprint density at radius 3 is 2.46 bits per heavy atom. The molecule has 1 fully saturated rings. The molecule has 7 heteroatoms. The highest BCUT2D eigenvalue weighted by Crippen LogP contribution is 2.20. The van der Waals surface area contributed by atoms with Crippen molar-refractivity contribution in [2.24, 2.45) is 5.92 Å². The summed E-state index contributed by atoms with van der Waals surface area (Å²) in [4.78, 5) is 37.2. The zero-order valence-corrected chi connectivity index (χ0v) is 14.1. The van der Waals surface area contributed by atoms with Crippen molar-refractivity contribution in [3.05, 3.63) is 29.8 Å². The number of urea groups is 1. The molecule has 3 N–H and O–H groups in total. The zero-order chi connectivity index (χ0) is 17.9. The topological polar surface area (TPSA) is 98.7 Å². The number of para-hydroxylation sites is 1. The molecule has 2 rings (SSSR count). The molecule has 1 heterocycles. The van der Waals surface area contributed by atoms with Crippen LogP contribution in [0.4, 0.5) is 10.5 Å². The van der Waals surface area contributed by atoms with Gasteiger partial charge in [0.05, 0.1) is 17.2 Å². The molecule has 24 heavy (non-hydrogen) atoms. The first-order chi connectivity index (χ1) is 11.2. The number of benzene rings is 1. The molecule has 0 aromatic heterocycles. The molecule has 1 unspecified atom stereocenters. The number of carboxylic acid groups (broad SMARTS) is 1. The quantitative estimate of drug-likeness (QED) is 0.789. The standard InChI is InChI=1S/C17H23N3O4/c1-17(2,3)19-14(21)12-6-4-5-7-13(12)18-16(24)20-9-8-11(10-20)15(22)23/h4-7,11H,8-10H2,1-3H3,(H,18,24)(H,19,21)(H,22,23). The average molecular weight is 333 g/mol. The molecule has 0 radical (unpaired) electrons. The van der Waals surface area contributed by atoms with Crippen LogP contribution in [-0.4, -0.2) is 46.5 Å². The smallest absolute Gasteiger partial charge is 0.321 e. The predicted octanol–water partition coefficient (Wildman–Crippen LogP) is 2.15. The molecule has 130 valence electrons. The van der Waals surface area contributed by atoms with Crippen LogP contribution >= 0.6 is 0 Å². The van der Waals surface area contributed by atoms with Gasteiger partial charge in [-0.05, 0) is 39.3 Å². The van der Waals surface area contributed by atoms with Gasteiger partial charge in [0.1, 0.15) is 0 Å². The summed E-state index contributed by atoms with van der Waals surface area (Å²) in [5, 5.41) is 14.6. The van der Waals surface area contributed by atoms with Crippen molar-refractivity contribution >= 4 is 23.6 Å². The second-order valence-electron chi connectivity index (χ2n) is 6.95. The minimum absolute atomic E-state index is 0.178. The molecule has 7 nitrogen and oxygen atoms in total. The van der Waals surface area contributed by atoms with Crippen molar-refractivity contribution < 1.29 is 19.5 Å². The van der Waals surface area contributed by atoms with E-state index in [0.29, 0.717) is 24.2 Å². The number of nitrogens with one attached hydrogen (secondary N) is 2. The van der Waals surface area contributed by atoms with E-state index in [-0.39, 0.29) is 12.5 Å². The van der Waals surface area contributed by atoms with Crippen LogP contribution in [0.1, 0.15) is 37.6 Å². The van der Waals surface area contributed by atoms with Gasteiger partial charge in [-0.1, -0.05) is 12.1 Å². The maximum absolute atomic E-state index is 12.4. The molecule has 3 amide bonds. The van der Waals surface area contributed by atoms with Crippen molar-refractivity contribution in [3.8, 4) is 0 Å². The number of rotatable bonds is 3. The van der Waals surface area contributed by atoms with Crippen LogP contribution in [-0.2, 0) is 4.79 Å². The Bertz CT molecular complexity index is 651. The summed E-state index contributed by atoms with van der Waals surface area (Å²) in [6, 6.07) is 6.35. The molecule has 0 spiro atoms. The Hall–Kier alpha value is -2.57. The summed E-state index contributed by atoms with van der Waals surface area (Å²) in [5.74, 6) is -1.70. The Balaban J connectivity index is 2.09. The van der Waals surface area contributed by atoms with Crippen molar-refractivity contribution in [3.63, 3.8) is 0 Å². The van der Waals surface area contributed by atoms with E-state index in [1.165, 1.54) is 4.90 Å². The fourth-order valence-electron chi connectivity index (χ4n) is 2.54. The van der Waals surface area contributed by atoms with Crippen molar-refractivity contribution in [2.45, 2.75) is 32.7 Å². The lowest BCUT2D eigenvalue weighted by Gasteiger charge is -2.22. The van der Waals surface area contributed by atoms with Gasteiger partial charge in [-0.2, -0.15) is 0 Å². The van der Waals surface area contributed by atoms with Crippen LogP contribution in [0.3, 0.4) is 0 Å². The highest BCUT2D eigenvalue weighted by molar-refractivity contribution is 6.03. The molecular weight excluding hydrogens is 310 g/mol. The molecule has 0 saturated carbocycles. The van der Waals surface area contributed by atoms with Gasteiger partial charge in [0.15, 0.2) is 0 Å². The van der Waals surface area contributed by atoms with Gasteiger partial charge in [-0.15, -0.1) is 0 Å². The molecule has 0 bridgehead atoms. The van der Waals surface area contributed by atoms with E-state index >= 15 is 0 Å². The van der Waals surface area contributed by atoms with Gasteiger partial charge in [-0.3, -0.25) is 9.59 Å². The van der Waals surface area contributed by atoms with Crippen LogP contribution in [0.15, 0.2) is 24.3 Å². The van der Waals surface area contributed by atoms with Crippen LogP contribution in [0.5, 0.6) is 0 Å². The van der Waals surface area contributed by atoms with Crippen molar-refractivity contribution in [1.29, 1.82) is 0 Å². The van der Waals surface area contributed by atoms with Gasteiger partial charge in [0, 0.05) is 18.6 Å². The number of carbonyl (C=O) groups excluding carboxylic acids is 2. The fourth-order valence-corrected chi connectivity index (χ4v) is 2.54. The summed E-state index contributed by atoms with van der Waals surface area (Å²) < 4.78 is 0. The molecule has 1 saturated heterocycles. The number of aliphatic carboxylic acids is 1. The Morgan fingerprint density at radius 2 is 1.88 bits per heavy atom. The number of anilines is 1. The molecule has 1 aliphatic rings. The van der Waals surface area contributed by atoms with E-state index in [1.807, 2.05) is 20.8 Å². The number of carbonyl (C=O) groups is 3. The van der Waals surface area contributed by atoms with Crippen LogP contribution in [0, 0.1) is 5.92 Å². The zero-order valence-electron chi connectivity index (χ0n) is 14.1. The minimum Gasteiger partial charge on any atom is -0.481 e. The van der Waals surface area contributed by atoms with Crippen LogP contribution in [0.2, 0.25) is 0 Å². The average Bonchev–Trinajstić information content (AvgIpc) is 2.96. The summed E-state index contributed by atoms with van der Waals surface area (Å²) in [7, 11) is 0. The lowest BCUT2D eigenvalue weighted by atomic mass is 10.1. The van der Waals surface area contributed by atoms with Crippen molar-refractivity contribution in [2.75, 3.05) is 18.4 Å². The first-order valence-electron chi connectivity index (χ1n) is 7.87. The summed E-state index contributed by atoms with van der Waals surface area (Å²) in [5.41, 5.74) is 0.385. The van der Waals surface area contributed by atoms with E-state index in [4.69, 9.17) is 5.11 Å². The SMILES string of the molecule is CC(C)(C)NC(=O)c1ccccc1NC(=O)N1CCC(C(=O)O)C1. The monoisotopic (exact) mass is 333 g/mol. The molecule has 1 aromatic carbocycles. The molecule has 1 aliphatic heterocycles. The number of carboxylic acids is 1. The second kappa shape index (κ2) is 6.90. The molecule has 1 atom stereocenters. The number of hydrogen-bond donors (Lipinski definition) is 3. The maximum Gasteiger partial charge on any atom is 0.321 e. The third-order valence-corrected chi connectivity index (χ3v) is 3.73. The fraction of sp³-hybridized carbons (Fsp3) is 0.471. The lowest BCUT2D eigenvalue weighted by Crippen LogP contribution is -2.41. The van der Waals surface area contributed by atoms with Crippen LogP contribution < -0.4 is 10.6 Å². The largest absolute Gasteiger partial charge is 0.481 e. The second-order valence-corrected chi connectivity index (χ2v) is 6.95. The van der Waals surface area contributed by atoms with E-state index in [1.54, 1.807) is 24.3 Å². The number of likely N-dealkylation sites (tertiary alicyclic amines) is 1. The lowest BCUT2D eigenvalue weighted by molar-refractivity contribution is -0.141. The minimum atomic E-state index is -0.893. The number of amides is 3. The maximum atomic E-state index is 12.4. The molecule has 1 aromatic rings. The van der Waals surface area contributed by atoms with Gasteiger partial charge in [-0.25, -0.2) is 4.79 Å². The highest BCUT2D eigenvalue weighted by atomic mass is 16.4. The number of hydrogen-bond acceptors (Lipinski definition) is 3. The first-order valence-corrected chi connectivity index (χ1v) is 7.87. The van der Waals surface area contributed by atoms with Crippen molar-refractivity contribution in [1.82, 2.24) is 10.2 Å². The van der Waals surface area contributed by atoms with Gasteiger partial charge >= 0.3 is 12.0 Å². The Morgan fingerprint density at radius 1 is 1.21 bits per heavy atom. The number of nitrogens with zero attached hydrogens (tertiary/aromatic N) is 1. The predicted molar refractivity (Wildman–Crippen MR) is 90.0 cm³/mol. The van der Waals surface area contributed by atoms with E-state index in [9.17, 15) is 14.4 Å². The van der Waals surface area contributed by atoms with Gasteiger partial charge in [0.25, 0.3) is 5.91 Å². The Kier molecular flexibility index (Phi) is 5.11. The van der Waals surface area contributed by atoms with E-state index < -0.39 is 23.5 Å². The van der Waals surface area contributed by atoms with E-state index in [2.05, 4.69) is 10.6 Å². The normalized spacial score (nSPS) is 17.5. The van der Waals surface area contributed by atoms with E-state index in [0.717, 1.165) is 0 Å². The third-order valence-electron chi connectivity index (χ3n) is 3.73. The third kappa shape index (κ3) is 4.47. The summed E-state index contributed by atoms with van der Waals surface area (Å²) in [6.45, 7) is 6.20. The summed E-state index contributed by atoms with van der Waals surface area (Å²) >= 11 is 0. The molecule has 0 aliphatic carbocycles. The van der Waals surface area contributed by atoms with Gasteiger partial charge in [0.2, 0.25) is 0 Å².